The molecule has 3 heteroatoms. The molecule has 3 aromatic rings. The van der Waals surface area contributed by atoms with Crippen molar-refractivity contribution in [3.05, 3.63) is 71.9 Å². The molecule has 0 aliphatic rings. The van der Waals surface area contributed by atoms with Crippen molar-refractivity contribution < 1.29 is 4.79 Å². The van der Waals surface area contributed by atoms with Gasteiger partial charge in [-0.2, -0.15) is 0 Å². The van der Waals surface area contributed by atoms with Crippen LogP contribution in [0.2, 0.25) is 0 Å². The average Bonchev–Trinajstić information content (AvgIpc) is 2.91. The fourth-order valence-electron chi connectivity index (χ4n) is 2.24. The summed E-state index contributed by atoms with van der Waals surface area (Å²) in [5, 5.41) is 1.03. The van der Waals surface area contributed by atoms with Crippen LogP contribution in [0.15, 0.2) is 60.8 Å². The Balaban J connectivity index is 2.14. The normalized spacial score (nSPS) is 10.8. The van der Waals surface area contributed by atoms with Gasteiger partial charge in [-0.05, 0) is 29.8 Å². The van der Waals surface area contributed by atoms with Gasteiger partial charge in [0.1, 0.15) is 0 Å². The molecule has 2 nitrogen and oxygen atoms in total. The Morgan fingerprint density at radius 1 is 1.00 bits per heavy atom. The van der Waals surface area contributed by atoms with Crippen molar-refractivity contribution in [1.82, 2.24) is 4.57 Å². The molecule has 0 atom stereocenters. The van der Waals surface area contributed by atoms with E-state index < -0.39 is 0 Å². The molecular weight excluding hydrogens is 258 g/mol. The molecule has 0 amide bonds. The summed E-state index contributed by atoms with van der Waals surface area (Å²) in [6.07, 6.45) is 1.80. The number of aromatic nitrogens is 1. The first-order valence-electron chi connectivity index (χ1n) is 6.06. The van der Waals surface area contributed by atoms with Crippen molar-refractivity contribution in [3.63, 3.8) is 0 Å². The van der Waals surface area contributed by atoms with Crippen molar-refractivity contribution in [2.24, 2.45) is 0 Å². The minimum Gasteiger partial charge on any atom is -0.283 e. The minimum atomic E-state index is -0.0256. The lowest BCUT2D eigenvalue weighted by molar-refractivity contribution is 0.0965. The van der Waals surface area contributed by atoms with Crippen LogP contribution in [0.4, 0.5) is 0 Å². The number of benzene rings is 2. The summed E-state index contributed by atoms with van der Waals surface area (Å²) in [5.74, 6) is 0.420. The second-order valence-electron chi connectivity index (χ2n) is 4.34. The molecule has 0 unspecified atom stereocenters. The first kappa shape index (κ1) is 12.0. The molecule has 2 aromatic carbocycles. The maximum absolute atomic E-state index is 12.5. The van der Waals surface area contributed by atoms with Gasteiger partial charge in [-0.1, -0.05) is 30.3 Å². The number of nitrogens with zero attached hydrogens (tertiary/aromatic N) is 1. The Labute approximate surface area is 116 Å². The van der Waals surface area contributed by atoms with E-state index in [1.807, 2.05) is 54.6 Å². The maximum atomic E-state index is 12.5. The molecule has 1 aromatic heterocycles. The predicted octanol–water partition coefficient (Wildman–Crippen LogP) is 4.07. The lowest BCUT2D eigenvalue weighted by Crippen LogP contribution is -2.10. The predicted molar refractivity (Wildman–Crippen MR) is 77.7 cm³/mol. The van der Waals surface area contributed by atoms with Gasteiger partial charge < -0.3 is 0 Å². The van der Waals surface area contributed by atoms with Gasteiger partial charge >= 0.3 is 0 Å². The van der Waals surface area contributed by atoms with Crippen LogP contribution >= 0.6 is 11.6 Å². The summed E-state index contributed by atoms with van der Waals surface area (Å²) in [6, 6.07) is 17.0. The zero-order chi connectivity index (χ0) is 13.2. The molecule has 0 spiro atoms. The molecule has 0 saturated heterocycles. The third-order valence-corrected chi connectivity index (χ3v) is 3.49. The first-order chi connectivity index (χ1) is 9.31. The monoisotopic (exact) mass is 269 g/mol. The Kier molecular flexibility index (Phi) is 3.10. The van der Waals surface area contributed by atoms with Gasteiger partial charge in [0.15, 0.2) is 0 Å². The van der Waals surface area contributed by atoms with E-state index in [-0.39, 0.29) is 5.91 Å². The largest absolute Gasteiger partial charge is 0.283 e. The fraction of sp³-hybridized carbons (Fsp3) is 0.0625. The highest BCUT2D eigenvalue weighted by Gasteiger charge is 2.12. The maximum Gasteiger partial charge on any atom is 0.262 e. The van der Waals surface area contributed by atoms with E-state index in [1.54, 1.807) is 10.8 Å². The molecule has 0 aliphatic heterocycles. The van der Waals surface area contributed by atoms with E-state index >= 15 is 0 Å². The van der Waals surface area contributed by atoms with Gasteiger partial charge in [0.05, 0.1) is 5.52 Å². The molecule has 0 radical (unpaired) electrons. The molecular formula is C16H12ClNO. The number of carbonyl (C=O) groups excluding carboxylic acids is 1. The number of carbonyl (C=O) groups is 1. The third kappa shape index (κ3) is 2.04. The molecule has 94 valence electrons. The van der Waals surface area contributed by atoms with Crippen molar-refractivity contribution >= 4 is 28.4 Å². The highest BCUT2D eigenvalue weighted by Crippen LogP contribution is 2.22. The Morgan fingerprint density at radius 2 is 1.79 bits per heavy atom. The molecule has 0 bridgehead atoms. The van der Waals surface area contributed by atoms with Crippen LogP contribution in [-0.4, -0.2) is 10.5 Å². The van der Waals surface area contributed by atoms with Crippen LogP contribution in [-0.2, 0) is 5.88 Å². The lowest BCUT2D eigenvalue weighted by atomic mass is 10.1. The highest BCUT2D eigenvalue weighted by molar-refractivity contribution is 6.18. The smallest absolute Gasteiger partial charge is 0.262 e. The third-order valence-electron chi connectivity index (χ3n) is 3.21. The van der Waals surface area contributed by atoms with Crippen molar-refractivity contribution in [1.29, 1.82) is 0 Å². The van der Waals surface area contributed by atoms with Crippen LogP contribution in [0.1, 0.15) is 15.9 Å². The second-order valence-corrected chi connectivity index (χ2v) is 4.61. The standard InChI is InChI=1S/C16H12ClNO/c17-11-13-7-4-8-15-14(13)9-10-18(15)16(19)12-5-2-1-3-6-12/h1-10H,11H2. The second kappa shape index (κ2) is 4.90. The van der Waals surface area contributed by atoms with E-state index in [2.05, 4.69) is 0 Å². The zero-order valence-corrected chi connectivity index (χ0v) is 11.0. The summed E-state index contributed by atoms with van der Waals surface area (Å²) >= 11 is 5.92. The van der Waals surface area contributed by atoms with Gasteiger partial charge in [-0.15, -0.1) is 11.6 Å². The number of fused-ring (bicyclic) bond motifs is 1. The molecule has 3 rings (SSSR count). The van der Waals surface area contributed by atoms with E-state index in [0.29, 0.717) is 11.4 Å². The summed E-state index contributed by atoms with van der Waals surface area (Å²) in [7, 11) is 0. The van der Waals surface area contributed by atoms with Crippen molar-refractivity contribution in [2.45, 2.75) is 5.88 Å². The van der Waals surface area contributed by atoms with Crippen LogP contribution in [0.3, 0.4) is 0 Å². The van der Waals surface area contributed by atoms with Crippen molar-refractivity contribution in [2.75, 3.05) is 0 Å². The fourth-order valence-corrected chi connectivity index (χ4v) is 2.48. The van der Waals surface area contributed by atoms with Gasteiger partial charge in [0.2, 0.25) is 0 Å². The highest BCUT2D eigenvalue weighted by atomic mass is 35.5. The first-order valence-corrected chi connectivity index (χ1v) is 6.59. The van der Waals surface area contributed by atoms with Gasteiger partial charge in [0, 0.05) is 23.0 Å². The van der Waals surface area contributed by atoms with Crippen LogP contribution in [0, 0.1) is 0 Å². The Bertz CT molecular complexity index is 731. The zero-order valence-electron chi connectivity index (χ0n) is 10.2. The van der Waals surface area contributed by atoms with Crippen LogP contribution in [0.5, 0.6) is 0 Å². The lowest BCUT2D eigenvalue weighted by Gasteiger charge is -2.05. The number of halogens is 1. The van der Waals surface area contributed by atoms with Gasteiger partial charge in [-0.3, -0.25) is 9.36 Å². The van der Waals surface area contributed by atoms with Crippen LogP contribution < -0.4 is 0 Å². The number of hydrogen-bond donors (Lipinski definition) is 0. The summed E-state index contributed by atoms with van der Waals surface area (Å²) in [4.78, 5) is 12.5. The van der Waals surface area contributed by atoms with E-state index in [1.165, 1.54) is 0 Å². The van der Waals surface area contributed by atoms with E-state index in [4.69, 9.17) is 11.6 Å². The molecule has 0 N–H and O–H groups in total. The molecule has 0 saturated carbocycles. The molecule has 19 heavy (non-hydrogen) atoms. The summed E-state index contributed by atoms with van der Waals surface area (Å²) in [5.41, 5.74) is 2.61. The average molecular weight is 270 g/mol. The topological polar surface area (TPSA) is 22.0 Å². The van der Waals surface area contributed by atoms with Gasteiger partial charge in [0.25, 0.3) is 5.91 Å². The number of hydrogen-bond acceptors (Lipinski definition) is 1. The quantitative estimate of drug-likeness (QED) is 0.643. The Morgan fingerprint density at radius 3 is 2.53 bits per heavy atom. The van der Waals surface area contributed by atoms with Crippen LogP contribution in [0.25, 0.3) is 10.9 Å². The van der Waals surface area contributed by atoms with E-state index in [9.17, 15) is 4.79 Å². The van der Waals surface area contributed by atoms with E-state index in [0.717, 1.165) is 16.5 Å². The van der Waals surface area contributed by atoms with Crippen molar-refractivity contribution in [3.8, 4) is 0 Å². The number of rotatable bonds is 2. The van der Waals surface area contributed by atoms with Gasteiger partial charge in [-0.25, -0.2) is 0 Å². The number of alkyl halides is 1. The molecule has 0 fully saturated rings. The molecule has 1 heterocycles. The SMILES string of the molecule is O=C(c1ccccc1)n1ccc2c(CCl)cccc21. The minimum absolute atomic E-state index is 0.0256. The Hall–Kier alpha value is -2.06. The molecule has 0 aliphatic carbocycles. The summed E-state index contributed by atoms with van der Waals surface area (Å²) in [6.45, 7) is 0. The summed E-state index contributed by atoms with van der Waals surface area (Å²) < 4.78 is 1.67.